The zero-order valence-electron chi connectivity index (χ0n) is 17.9. The number of guanidine groups is 1. The van der Waals surface area contributed by atoms with Crippen molar-refractivity contribution in [3.8, 4) is 0 Å². The molecule has 0 aliphatic heterocycles. The Labute approximate surface area is 200 Å². The smallest absolute Gasteiger partial charge is 0.191 e. The summed E-state index contributed by atoms with van der Waals surface area (Å²) in [6.07, 6.45) is 5.63. The molecule has 0 spiro atoms. The standard InChI is InChI=1S/C22H30N6S.HI/c1-4-23-22(26-13-11-21-27-17(2)18(3)29-21)25-12-10-20-24-14-15-28(20)16-19-8-6-5-7-9-19;/h5-9,14-15H,4,10-13,16H2,1-3H3,(H2,23,25,26);1H. The molecule has 0 saturated heterocycles. The first-order valence-corrected chi connectivity index (χ1v) is 11.0. The third-order valence-corrected chi connectivity index (χ3v) is 5.78. The summed E-state index contributed by atoms with van der Waals surface area (Å²) in [6, 6.07) is 10.5. The van der Waals surface area contributed by atoms with Crippen LogP contribution in [0.15, 0.2) is 47.7 Å². The molecule has 2 N–H and O–H groups in total. The van der Waals surface area contributed by atoms with Gasteiger partial charge in [-0.1, -0.05) is 30.3 Å². The van der Waals surface area contributed by atoms with Crippen LogP contribution in [0.3, 0.4) is 0 Å². The van der Waals surface area contributed by atoms with E-state index in [9.17, 15) is 0 Å². The van der Waals surface area contributed by atoms with Crippen molar-refractivity contribution in [3.05, 3.63) is 69.7 Å². The second-order valence-electron chi connectivity index (χ2n) is 6.89. The number of hydrogen-bond donors (Lipinski definition) is 2. The highest BCUT2D eigenvalue weighted by molar-refractivity contribution is 14.0. The van der Waals surface area contributed by atoms with Gasteiger partial charge in [0.15, 0.2) is 5.96 Å². The lowest BCUT2D eigenvalue weighted by atomic mass is 10.2. The Kier molecular flexibility index (Phi) is 10.3. The minimum Gasteiger partial charge on any atom is -0.357 e. The number of hydrogen-bond acceptors (Lipinski definition) is 4. The molecule has 162 valence electrons. The number of thiazole rings is 1. The SMILES string of the molecule is CCNC(=NCCc1nc(C)c(C)s1)NCCc1nccn1Cc1ccccc1.I. The van der Waals surface area contributed by atoms with Crippen molar-refractivity contribution in [3.63, 3.8) is 0 Å². The summed E-state index contributed by atoms with van der Waals surface area (Å²) in [6.45, 7) is 9.45. The number of halogens is 1. The van der Waals surface area contributed by atoms with Crippen molar-refractivity contribution in [1.82, 2.24) is 25.2 Å². The third kappa shape index (κ3) is 7.39. The predicted octanol–water partition coefficient (Wildman–Crippen LogP) is 3.96. The highest BCUT2D eigenvalue weighted by Crippen LogP contribution is 2.16. The van der Waals surface area contributed by atoms with Gasteiger partial charge in [0.2, 0.25) is 0 Å². The Balaban J connectivity index is 0.00000320. The number of nitrogens with one attached hydrogen (secondary N) is 2. The minimum atomic E-state index is 0. The topological polar surface area (TPSA) is 67.1 Å². The average molecular weight is 539 g/mol. The van der Waals surface area contributed by atoms with Crippen LogP contribution in [0.5, 0.6) is 0 Å². The zero-order chi connectivity index (χ0) is 20.5. The van der Waals surface area contributed by atoms with Crippen LogP contribution in [-0.2, 0) is 19.4 Å². The predicted molar refractivity (Wildman–Crippen MR) is 136 cm³/mol. The van der Waals surface area contributed by atoms with Crippen molar-refractivity contribution in [2.24, 2.45) is 4.99 Å². The Hall–Kier alpha value is -1.94. The number of nitrogens with zero attached hydrogens (tertiary/aromatic N) is 4. The second-order valence-corrected chi connectivity index (χ2v) is 8.18. The van der Waals surface area contributed by atoms with Gasteiger partial charge >= 0.3 is 0 Å². The molecule has 0 aliphatic rings. The monoisotopic (exact) mass is 538 g/mol. The van der Waals surface area contributed by atoms with E-state index in [4.69, 9.17) is 4.99 Å². The van der Waals surface area contributed by atoms with Crippen LogP contribution >= 0.6 is 35.3 Å². The van der Waals surface area contributed by atoms with Crippen LogP contribution < -0.4 is 10.6 Å². The number of benzene rings is 1. The summed E-state index contributed by atoms with van der Waals surface area (Å²) in [5.41, 5.74) is 2.41. The highest BCUT2D eigenvalue weighted by atomic mass is 127. The molecular formula is C22H31IN6S. The van der Waals surface area contributed by atoms with Crippen molar-refractivity contribution in [2.75, 3.05) is 19.6 Å². The second kappa shape index (κ2) is 12.7. The van der Waals surface area contributed by atoms with Gasteiger partial charge in [-0.15, -0.1) is 35.3 Å². The van der Waals surface area contributed by atoms with Crippen LogP contribution in [0.4, 0.5) is 0 Å². The minimum absolute atomic E-state index is 0. The Morgan fingerprint density at radius 3 is 2.63 bits per heavy atom. The molecule has 30 heavy (non-hydrogen) atoms. The van der Waals surface area contributed by atoms with Gasteiger partial charge in [-0.3, -0.25) is 4.99 Å². The number of aryl methyl sites for hydroxylation is 2. The lowest BCUT2D eigenvalue weighted by Crippen LogP contribution is -2.38. The normalized spacial score (nSPS) is 11.2. The van der Waals surface area contributed by atoms with E-state index in [0.29, 0.717) is 0 Å². The summed E-state index contributed by atoms with van der Waals surface area (Å²) in [4.78, 5) is 15.1. The maximum atomic E-state index is 4.69. The molecule has 0 saturated carbocycles. The summed E-state index contributed by atoms with van der Waals surface area (Å²) < 4.78 is 2.20. The van der Waals surface area contributed by atoms with Crippen LogP contribution in [0.1, 0.15) is 33.9 Å². The molecule has 0 unspecified atom stereocenters. The van der Waals surface area contributed by atoms with Gasteiger partial charge in [-0.2, -0.15) is 0 Å². The summed E-state index contributed by atoms with van der Waals surface area (Å²) in [7, 11) is 0. The molecule has 0 aliphatic carbocycles. The van der Waals surface area contributed by atoms with E-state index in [1.807, 2.05) is 18.5 Å². The maximum Gasteiger partial charge on any atom is 0.191 e. The van der Waals surface area contributed by atoms with Gasteiger partial charge in [-0.05, 0) is 26.3 Å². The third-order valence-electron chi connectivity index (χ3n) is 4.65. The fourth-order valence-corrected chi connectivity index (χ4v) is 3.96. The molecule has 1 aromatic carbocycles. The van der Waals surface area contributed by atoms with Crippen molar-refractivity contribution >= 4 is 41.3 Å². The summed E-state index contributed by atoms with van der Waals surface area (Å²) in [5, 5.41) is 7.89. The summed E-state index contributed by atoms with van der Waals surface area (Å²) >= 11 is 1.77. The number of imidazole rings is 1. The van der Waals surface area contributed by atoms with Gasteiger partial charge < -0.3 is 15.2 Å². The Morgan fingerprint density at radius 1 is 1.13 bits per heavy atom. The van der Waals surface area contributed by atoms with Gasteiger partial charge in [0.1, 0.15) is 5.82 Å². The molecule has 6 nitrogen and oxygen atoms in total. The zero-order valence-corrected chi connectivity index (χ0v) is 21.0. The average Bonchev–Trinajstić information content (AvgIpc) is 3.28. The van der Waals surface area contributed by atoms with Crippen LogP contribution in [0, 0.1) is 13.8 Å². The van der Waals surface area contributed by atoms with Crippen molar-refractivity contribution < 1.29 is 0 Å². The largest absolute Gasteiger partial charge is 0.357 e. The number of rotatable bonds is 9. The Bertz CT molecular complexity index is 899. The molecule has 3 aromatic rings. The molecule has 0 fully saturated rings. The molecule has 0 atom stereocenters. The number of aromatic nitrogens is 3. The first-order valence-electron chi connectivity index (χ1n) is 10.1. The molecule has 2 heterocycles. The lowest BCUT2D eigenvalue weighted by Gasteiger charge is -2.12. The quantitative estimate of drug-likeness (QED) is 0.246. The van der Waals surface area contributed by atoms with Gasteiger partial charge in [0.25, 0.3) is 0 Å². The van der Waals surface area contributed by atoms with Crippen molar-refractivity contribution in [1.29, 1.82) is 0 Å². The van der Waals surface area contributed by atoms with Crippen LogP contribution in [-0.4, -0.2) is 40.1 Å². The van der Waals surface area contributed by atoms with E-state index in [1.165, 1.54) is 10.4 Å². The highest BCUT2D eigenvalue weighted by Gasteiger charge is 2.06. The molecule has 0 bridgehead atoms. The Morgan fingerprint density at radius 2 is 1.93 bits per heavy atom. The van der Waals surface area contributed by atoms with Gasteiger partial charge in [0, 0.05) is 56.3 Å². The molecular weight excluding hydrogens is 507 g/mol. The summed E-state index contributed by atoms with van der Waals surface area (Å²) in [5.74, 6) is 1.92. The first kappa shape index (κ1) is 24.3. The molecule has 8 heteroatoms. The molecule has 2 aromatic heterocycles. The van der Waals surface area contributed by atoms with E-state index in [1.54, 1.807) is 11.3 Å². The van der Waals surface area contributed by atoms with E-state index >= 15 is 0 Å². The maximum absolute atomic E-state index is 4.69. The first-order chi connectivity index (χ1) is 14.2. The van der Waals surface area contributed by atoms with Gasteiger partial charge in [0.05, 0.1) is 10.7 Å². The molecule has 0 amide bonds. The number of aliphatic imine (C=N–C) groups is 1. The lowest BCUT2D eigenvalue weighted by molar-refractivity contribution is 0.694. The molecule has 0 radical (unpaired) electrons. The van der Waals surface area contributed by atoms with E-state index in [0.717, 1.165) is 61.5 Å². The van der Waals surface area contributed by atoms with Crippen molar-refractivity contribution in [2.45, 2.75) is 40.2 Å². The van der Waals surface area contributed by atoms with E-state index < -0.39 is 0 Å². The fraction of sp³-hybridized carbons (Fsp3) is 0.409. The van der Waals surface area contributed by atoms with E-state index in [2.05, 4.69) is 70.2 Å². The van der Waals surface area contributed by atoms with Crippen LogP contribution in [0.25, 0.3) is 0 Å². The van der Waals surface area contributed by atoms with Crippen LogP contribution in [0.2, 0.25) is 0 Å². The molecule has 3 rings (SSSR count). The van der Waals surface area contributed by atoms with Gasteiger partial charge in [-0.25, -0.2) is 9.97 Å². The van der Waals surface area contributed by atoms with E-state index in [-0.39, 0.29) is 24.0 Å². The fourth-order valence-electron chi connectivity index (χ4n) is 3.04.